The number of cyclic esters (lactones) is 1. The number of ketones is 2. The monoisotopic (exact) mass is 478 g/mol. The molecule has 3 aromatic rings. The maximum absolute atomic E-state index is 13.9. The van der Waals surface area contributed by atoms with Crippen molar-refractivity contribution in [2.75, 3.05) is 0 Å². The lowest BCUT2D eigenvalue weighted by molar-refractivity contribution is -0.157. The van der Waals surface area contributed by atoms with E-state index in [9.17, 15) is 23.2 Å². The molecule has 0 unspecified atom stereocenters. The number of rotatable bonds is 6. The summed E-state index contributed by atoms with van der Waals surface area (Å²) in [5, 5.41) is 0. The Hall–Kier alpha value is -3.71. The van der Waals surface area contributed by atoms with Gasteiger partial charge in [0.25, 0.3) is 0 Å². The molecule has 1 heterocycles. The fraction of sp³-hybridized carbons (Fsp3) is 0.250. The van der Waals surface area contributed by atoms with Crippen LogP contribution < -0.4 is 0 Å². The van der Waals surface area contributed by atoms with Crippen LogP contribution in [-0.2, 0) is 19.9 Å². The molecule has 0 radical (unpaired) electrons. The van der Waals surface area contributed by atoms with Gasteiger partial charge in [0.2, 0.25) is 11.9 Å². The number of carbonyl (C=O) groups is 3. The lowest BCUT2D eigenvalue weighted by Gasteiger charge is -2.33. The number of hydrogen-bond donors (Lipinski definition) is 0. The van der Waals surface area contributed by atoms with E-state index in [-0.39, 0.29) is 16.7 Å². The zero-order valence-electron chi connectivity index (χ0n) is 19.5. The highest BCUT2D eigenvalue weighted by Gasteiger charge is 2.63. The quantitative estimate of drug-likeness (QED) is 0.266. The Kier molecular flexibility index (Phi) is 6.38. The van der Waals surface area contributed by atoms with Crippen LogP contribution in [-0.4, -0.2) is 23.8 Å². The van der Waals surface area contributed by atoms with Crippen molar-refractivity contribution < 1.29 is 32.6 Å². The minimum Gasteiger partial charge on any atom is -0.433 e. The van der Waals surface area contributed by atoms with Gasteiger partial charge in [0.1, 0.15) is 17.6 Å². The summed E-state index contributed by atoms with van der Waals surface area (Å²) in [6.07, 6.45) is -1.06. The number of ether oxygens (including phenoxy) is 2. The van der Waals surface area contributed by atoms with E-state index in [1.54, 1.807) is 51.1 Å². The largest absolute Gasteiger partial charge is 0.433 e. The van der Waals surface area contributed by atoms with Crippen molar-refractivity contribution in [3.8, 4) is 0 Å². The van der Waals surface area contributed by atoms with E-state index in [0.29, 0.717) is 0 Å². The van der Waals surface area contributed by atoms with Gasteiger partial charge in [0, 0.05) is 16.5 Å². The lowest BCUT2D eigenvalue weighted by Crippen LogP contribution is -2.49. The highest BCUT2D eigenvalue weighted by Crippen LogP contribution is 2.47. The lowest BCUT2D eigenvalue weighted by atomic mass is 9.73. The van der Waals surface area contributed by atoms with Gasteiger partial charge in [-0.2, -0.15) is 0 Å². The average molecular weight is 478 g/mol. The summed E-state index contributed by atoms with van der Waals surface area (Å²) in [7, 11) is 0. The minimum atomic E-state index is -2.11. The van der Waals surface area contributed by atoms with Crippen molar-refractivity contribution in [3.05, 3.63) is 107 Å². The Morgan fingerprint density at radius 2 is 1.26 bits per heavy atom. The molecule has 0 spiro atoms. The predicted molar refractivity (Wildman–Crippen MR) is 123 cm³/mol. The van der Waals surface area contributed by atoms with Gasteiger partial charge in [0.05, 0.1) is 0 Å². The summed E-state index contributed by atoms with van der Waals surface area (Å²) in [6.45, 7) is 5.39. The molecule has 0 bridgehead atoms. The zero-order valence-corrected chi connectivity index (χ0v) is 19.5. The summed E-state index contributed by atoms with van der Waals surface area (Å²) in [5.41, 5.74) is -2.51. The molecule has 0 aromatic heterocycles. The Morgan fingerprint density at radius 1 is 0.800 bits per heavy atom. The van der Waals surface area contributed by atoms with Gasteiger partial charge in [-0.1, -0.05) is 51.1 Å². The second-order valence-corrected chi connectivity index (χ2v) is 9.50. The van der Waals surface area contributed by atoms with Crippen molar-refractivity contribution >= 4 is 17.5 Å². The SMILES string of the molecule is CC(C)(C)[C@@H]1OC(=O)[C@@](c2ccccc2)(C(C(=O)c2ccc(F)cc2)C(=O)c2ccc(F)cc2)O1. The van der Waals surface area contributed by atoms with Crippen LogP contribution in [0.4, 0.5) is 8.78 Å². The second-order valence-electron chi connectivity index (χ2n) is 9.50. The van der Waals surface area contributed by atoms with Crippen LogP contribution in [0.25, 0.3) is 0 Å². The molecule has 1 aliphatic heterocycles. The second kappa shape index (κ2) is 9.15. The van der Waals surface area contributed by atoms with Gasteiger partial charge >= 0.3 is 5.97 Å². The van der Waals surface area contributed by atoms with Crippen LogP contribution in [0.1, 0.15) is 47.1 Å². The molecule has 5 nitrogen and oxygen atoms in total. The van der Waals surface area contributed by atoms with Crippen LogP contribution in [0.2, 0.25) is 0 Å². The summed E-state index contributed by atoms with van der Waals surface area (Å²) in [6, 6.07) is 17.5. The molecule has 0 aliphatic carbocycles. The third kappa shape index (κ3) is 4.51. The highest BCUT2D eigenvalue weighted by atomic mass is 19.1. The van der Waals surface area contributed by atoms with Crippen LogP contribution in [0.3, 0.4) is 0 Å². The summed E-state index contributed by atoms with van der Waals surface area (Å²) in [5.74, 6) is -5.25. The van der Waals surface area contributed by atoms with E-state index in [4.69, 9.17) is 9.47 Å². The molecule has 4 rings (SSSR count). The minimum absolute atomic E-state index is 0.0118. The van der Waals surface area contributed by atoms with Gasteiger partial charge < -0.3 is 9.47 Å². The van der Waals surface area contributed by atoms with Crippen LogP contribution in [0, 0.1) is 23.0 Å². The number of benzene rings is 3. The topological polar surface area (TPSA) is 69.7 Å². The molecule has 3 aromatic carbocycles. The number of carbonyl (C=O) groups excluding carboxylic acids is 3. The first-order valence-corrected chi connectivity index (χ1v) is 11.1. The Bertz CT molecular complexity index is 1190. The molecular formula is C28H24F2O5. The first-order chi connectivity index (χ1) is 16.5. The molecule has 7 heteroatoms. The van der Waals surface area contributed by atoms with Crippen molar-refractivity contribution in [1.29, 1.82) is 0 Å². The average Bonchev–Trinajstić information content (AvgIpc) is 3.19. The standard InChI is InChI=1S/C28H24F2O5/c1-27(2,3)26-34-25(33)28(35-26,19-7-5-4-6-8-19)22(23(31)17-9-13-20(29)14-10-17)24(32)18-11-15-21(30)16-12-18/h4-16,22,26H,1-3H3/t26-,28-/m1/s1. The van der Waals surface area contributed by atoms with Gasteiger partial charge in [-0.15, -0.1) is 0 Å². The van der Waals surface area contributed by atoms with Gasteiger partial charge in [0.15, 0.2) is 11.6 Å². The first-order valence-electron chi connectivity index (χ1n) is 11.1. The third-order valence-corrected chi connectivity index (χ3v) is 5.91. The van der Waals surface area contributed by atoms with Crippen molar-refractivity contribution in [2.24, 2.45) is 11.3 Å². The fourth-order valence-corrected chi connectivity index (χ4v) is 4.05. The van der Waals surface area contributed by atoms with Crippen LogP contribution >= 0.6 is 0 Å². The molecule has 1 fully saturated rings. The maximum Gasteiger partial charge on any atom is 0.346 e. The molecular weight excluding hydrogens is 454 g/mol. The van der Waals surface area contributed by atoms with Gasteiger partial charge in [-0.05, 0) is 54.1 Å². The fourth-order valence-electron chi connectivity index (χ4n) is 4.05. The molecule has 35 heavy (non-hydrogen) atoms. The van der Waals surface area contributed by atoms with Crippen molar-refractivity contribution in [1.82, 2.24) is 0 Å². The molecule has 0 N–H and O–H groups in total. The highest BCUT2D eigenvalue weighted by molar-refractivity contribution is 6.19. The van der Waals surface area contributed by atoms with Crippen LogP contribution in [0.15, 0.2) is 78.9 Å². The summed E-state index contributed by atoms with van der Waals surface area (Å²) < 4.78 is 39.0. The first kappa shape index (κ1) is 24.4. The van der Waals surface area contributed by atoms with E-state index in [0.717, 1.165) is 24.3 Å². The predicted octanol–water partition coefficient (Wildman–Crippen LogP) is 5.49. The number of hydrogen-bond acceptors (Lipinski definition) is 5. The Labute approximate surface area is 201 Å². The van der Waals surface area contributed by atoms with Crippen molar-refractivity contribution in [3.63, 3.8) is 0 Å². The molecule has 1 aliphatic rings. The smallest absolute Gasteiger partial charge is 0.346 e. The summed E-state index contributed by atoms with van der Waals surface area (Å²) >= 11 is 0. The van der Waals surface area contributed by atoms with E-state index >= 15 is 0 Å². The normalized spacial score (nSPS) is 20.1. The van der Waals surface area contributed by atoms with Crippen LogP contribution in [0.5, 0.6) is 0 Å². The van der Waals surface area contributed by atoms with Gasteiger partial charge in [-0.3, -0.25) is 9.59 Å². The number of Topliss-reactive ketones (excluding diaryl/α,β-unsaturated/α-hetero) is 2. The van der Waals surface area contributed by atoms with E-state index in [1.165, 1.54) is 24.3 Å². The molecule has 180 valence electrons. The summed E-state index contributed by atoms with van der Waals surface area (Å²) in [4.78, 5) is 41.4. The molecule has 0 amide bonds. The van der Waals surface area contributed by atoms with E-state index < -0.39 is 52.4 Å². The van der Waals surface area contributed by atoms with Crippen molar-refractivity contribution in [2.45, 2.75) is 32.7 Å². The Morgan fingerprint density at radius 3 is 1.66 bits per heavy atom. The third-order valence-electron chi connectivity index (χ3n) is 5.91. The number of esters is 1. The molecule has 1 saturated heterocycles. The molecule has 0 saturated carbocycles. The van der Waals surface area contributed by atoms with E-state index in [1.807, 2.05) is 0 Å². The number of halogens is 2. The maximum atomic E-state index is 13.9. The zero-order chi connectivity index (χ0) is 25.4. The Balaban J connectivity index is 1.95. The van der Waals surface area contributed by atoms with Gasteiger partial charge in [-0.25, -0.2) is 13.6 Å². The molecule has 2 atom stereocenters. The van der Waals surface area contributed by atoms with E-state index in [2.05, 4.69) is 0 Å².